The van der Waals surface area contributed by atoms with Gasteiger partial charge in [-0.15, -0.1) is 0 Å². The van der Waals surface area contributed by atoms with Gasteiger partial charge in [0, 0.05) is 32.1 Å². The Labute approximate surface area is 145 Å². The third-order valence-corrected chi connectivity index (χ3v) is 5.03. The Hall–Kier alpha value is -2.48. The monoisotopic (exact) mass is 344 g/mol. The van der Waals surface area contributed by atoms with Gasteiger partial charge in [-0.1, -0.05) is 0 Å². The molecule has 4 rings (SSSR count). The Morgan fingerprint density at radius 1 is 1.24 bits per heavy atom. The number of nitrogens with two attached hydrogens (primary N) is 2. The lowest BCUT2D eigenvalue weighted by molar-refractivity contribution is 0.0727. The quantitative estimate of drug-likeness (QED) is 0.851. The average molecular weight is 344 g/mol. The molecule has 0 bridgehead atoms. The Morgan fingerprint density at radius 2 is 2.12 bits per heavy atom. The van der Waals surface area contributed by atoms with E-state index in [4.69, 9.17) is 16.2 Å². The maximum absolute atomic E-state index is 13.8. The molecule has 2 aliphatic rings. The maximum atomic E-state index is 13.8. The summed E-state index contributed by atoms with van der Waals surface area (Å²) in [6.07, 6.45) is 4.98. The average Bonchev–Trinajstić information content (AvgIpc) is 2.82. The molecule has 0 amide bonds. The molecule has 2 aromatic rings. The highest BCUT2D eigenvalue weighted by Crippen LogP contribution is 2.42. The standard InChI is InChI=1S/C17H21FN6O/c18-12-3-1-6-21-13(12)10-24-7-2-4-17(5-8-24)9-11-14(19)22-16(20)23-15(11)25-17/h1,3,6H,2,4-5,7-10H2,(H4,19,20,22,23)/t17-/m1/s1. The van der Waals surface area contributed by atoms with Crippen molar-refractivity contribution in [1.82, 2.24) is 19.9 Å². The predicted octanol–water partition coefficient (Wildman–Crippen LogP) is 1.53. The molecule has 1 saturated heterocycles. The van der Waals surface area contributed by atoms with Gasteiger partial charge in [0.1, 0.15) is 17.2 Å². The van der Waals surface area contributed by atoms with E-state index in [0.717, 1.165) is 37.9 Å². The summed E-state index contributed by atoms with van der Waals surface area (Å²) in [5, 5.41) is 0. The molecule has 0 unspecified atom stereocenters. The smallest absolute Gasteiger partial charge is 0.225 e. The van der Waals surface area contributed by atoms with Crippen molar-refractivity contribution in [1.29, 1.82) is 0 Å². The van der Waals surface area contributed by atoms with Gasteiger partial charge in [0.15, 0.2) is 0 Å². The van der Waals surface area contributed by atoms with Crippen molar-refractivity contribution in [3.05, 3.63) is 35.4 Å². The van der Waals surface area contributed by atoms with Crippen molar-refractivity contribution in [3.8, 4) is 5.88 Å². The van der Waals surface area contributed by atoms with Crippen LogP contribution in [0.3, 0.4) is 0 Å². The number of nitrogen functional groups attached to an aromatic ring is 2. The van der Waals surface area contributed by atoms with Crippen molar-refractivity contribution in [2.75, 3.05) is 24.6 Å². The van der Waals surface area contributed by atoms with Crippen molar-refractivity contribution < 1.29 is 9.13 Å². The molecule has 1 fully saturated rings. The summed E-state index contributed by atoms with van der Waals surface area (Å²) in [5.41, 5.74) is 12.7. The molecule has 0 aromatic carbocycles. The van der Waals surface area contributed by atoms with Gasteiger partial charge in [0.2, 0.25) is 11.8 Å². The molecule has 2 aromatic heterocycles. The Bertz CT molecular complexity index is 801. The molecular weight excluding hydrogens is 323 g/mol. The Morgan fingerprint density at radius 3 is 2.96 bits per heavy atom. The maximum Gasteiger partial charge on any atom is 0.225 e. The van der Waals surface area contributed by atoms with Gasteiger partial charge in [-0.2, -0.15) is 9.97 Å². The molecule has 0 saturated carbocycles. The zero-order valence-electron chi connectivity index (χ0n) is 13.9. The highest BCUT2D eigenvalue weighted by Gasteiger charge is 2.42. The van der Waals surface area contributed by atoms with E-state index in [1.165, 1.54) is 6.07 Å². The normalized spacial score (nSPS) is 23.2. The summed E-state index contributed by atoms with van der Waals surface area (Å²) in [6, 6.07) is 3.06. The van der Waals surface area contributed by atoms with Gasteiger partial charge in [-0.25, -0.2) is 4.39 Å². The number of halogens is 1. The zero-order chi connectivity index (χ0) is 17.4. The first kappa shape index (κ1) is 16.0. The van der Waals surface area contributed by atoms with Crippen LogP contribution in [0, 0.1) is 5.82 Å². The molecule has 132 valence electrons. The topological polar surface area (TPSA) is 103 Å². The SMILES string of the molecule is Nc1nc(N)c2c(n1)O[C@@]1(CCCN(Cc3ncccc3F)CC1)C2. The van der Waals surface area contributed by atoms with Gasteiger partial charge in [-0.05, 0) is 31.5 Å². The lowest BCUT2D eigenvalue weighted by Gasteiger charge is -2.27. The molecule has 0 aliphatic carbocycles. The molecule has 4 heterocycles. The number of hydrogen-bond acceptors (Lipinski definition) is 7. The number of nitrogens with zero attached hydrogens (tertiary/aromatic N) is 4. The number of pyridine rings is 1. The van der Waals surface area contributed by atoms with E-state index in [0.29, 0.717) is 30.4 Å². The van der Waals surface area contributed by atoms with Crippen LogP contribution in [0.25, 0.3) is 0 Å². The molecule has 8 heteroatoms. The van der Waals surface area contributed by atoms with Gasteiger partial charge in [-0.3, -0.25) is 9.88 Å². The zero-order valence-corrected chi connectivity index (χ0v) is 13.9. The molecule has 0 radical (unpaired) electrons. The third kappa shape index (κ3) is 3.09. The van der Waals surface area contributed by atoms with Crippen molar-refractivity contribution >= 4 is 11.8 Å². The van der Waals surface area contributed by atoms with Crippen molar-refractivity contribution in [3.63, 3.8) is 0 Å². The second kappa shape index (κ2) is 6.11. The number of ether oxygens (including phenoxy) is 1. The van der Waals surface area contributed by atoms with Crippen molar-refractivity contribution in [2.45, 2.75) is 37.8 Å². The number of likely N-dealkylation sites (tertiary alicyclic amines) is 1. The molecule has 1 spiro atoms. The van der Waals surface area contributed by atoms with Crippen LogP contribution >= 0.6 is 0 Å². The fourth-order valence-corrected chi connectivity index (χ4v) is 3.72. The largest absolute Gasteiger partial charge is 0.470 e. The van der Waals surface area contributed by atoms with Crippen LogP contribution in [-0.4, -0.2) is 38.5 Å². The fourth-order valence-electron chi connectivity index (χ4n) is 3.72. The molecule has 2 aliphatic heterocycles. The molecule has 1 atom stereocenters. The summed E-state index contributed by atoms with van der Waals surface area (Å²) < 4.78 is 20.0. The summed E-state index contributed by atoms with van der Waals surface area (Å²) in [5.74, 6) is 0.781. The molecular formula is C17H21FN6O. The highest BCUT2D eigenvalue weighted by atomic mass is 19.1. The Kier molecular flexibility index (Phi) is 3.91. The predicted molar refractivity (Wildman–Crippen MR) is 91.2 cm³/mol. The number of anilines is 2. The fraction of sp³-hybridized carbons (Fsp3) is 0.471. The van der Waals surface area contributed by atoms with Gasteiger partial charge >= 0.3 is 0 Å². The van der Waals surface area contributed by atoms with E-state index in [-0.39, 0.29) is 17.4 Å². The first-order chi connectivity index (χ1) is 12.0. The summed E-state index contributed by atoms with van der Waals surface area (Å²) in [7, 11) is 0. The minimum absolute atomic E-state index is 0.133. The van der Waals surface area contributed by atoms with Gasteiger partial charge in [0.25, 0.3) is 0 Å². The molecule has 7 nitrogen and oxygen atoms in total. The number of rotatable bonds is 2. The van der Waals surface area contributed by atoms with Crippen LogP contribution in [-0.2, 0) is 13.0 Å². The first-order valence-corrected chi connectivity index (χ1v) is 8.47. The third-order valence-electron chi connectivity index (χ3n) is 5.03. The van der Waals surface area contributed by atoms with Crippen LogP contribution in [0.15, 0.2) is 18.3 Å². The van der Waals surface area contributed by atoms with E-state index >= 15 is 0 Å². The summed E-state index contributed by atoms with van der Waals surface area (Å²) >= 11 is 0. The molecule has 25 heavy (non-hydrogen) atoms. The van der Waals surface area contributed by atoms with E-state index in [1.807, 2.05) is 0 Å². The van der Waals surface area contributed by atoms with Crippen LogP contribution in [0.2, 0.25) is 0 Å². The lowest BCUT2D eigenvalue weighted by atomic mass is 9.90. The van der Waals surface area contributed by atoms with Gasteiger partial charge in [0.05, 0.1) is 11.3 Å². The van der Waals surface area contributed by atoms with Crippen molar-refractivity contribution in [2.24, 2.45) is 0 Å². The van der Waals surface area contributed by atoms with Gasteiger partial charge < -0.3 is 16.2 Å². The van der Waals surface area contributed by atoms with E-state index < -0.39 is 0 Å². The number of hydrogen-bond donors (Lipinski definition) is 2. The first-order valence-electron chi connectivity index (χ1n) is 8.47. The van der Waals surface area contributed by atoms with Crippen LogP contribution < -0.4 is 16.2 Å². The second-order valence-electron chi connectivity index (χ2n) is 6.77. The number of fused-ring (bicyclic) bond motifs is 1. The molecule has 4 N–H and O–H groups in total. The van der Waals surface area contributed by atoms with E-state index in [1.54, 1.807) is 12.3 Å². The lowest BCUT2D eigenvalue weighted by Crippen LogP contribution is -2.36. The Balaban J connectivity index is 1.47. The van der Waals surface area contributed by atoms with Crippen LogP contribution in [0.5, 0.6) is 5.88 Å². The van der Waals surface area contributed by atoms with E-state index in [9.17, 15) is 4.39 Å². The highest BCUT2D eigenvalue weighted by molar-refractivity contribution is 5.52. The van der Waals surface area contributed by atoms with E-state index in [2.05, 4.69) is 19.9 Å². The van der Waals surface area contributed by atoms with Crippen LogP contribution in [0.4, 0.5) is 16.2 Å². The van der Waals surface area contributed by atoms with Crippen LogP contribution in [0.1, 0.15) is 30.5 Å². The second-order valence-corrected chi connectivity index (χ2v) is 6.77. The summed E-state index contributed by atoms with van der Waals surface area (Å²) in [4.78, 5) is 14.6. The minimum atomic E-state index is -0.323. The number of aromatic nitrogens is 3. The summed E-state index contributed by atoms with van der Waals surface area (Å²) in [6.45, 7) is 2.18. The minimum Gasteiger partial charge on any atom is -0.470 e.